The first-order valence-electron chi connectivity index (χ1n) is 8.19. The molecule has 0 atom stereocenters. The highest BCUT2D eigenvalue weighted by molar-refractivity contribution is 5.86. The Labute approximate surface area is 143 Å². The van der Waals surface area contributed by atoms with Crippen molar-refractivity contribution in [2.24, 2.45) is 9.98 Å². The molecule has 7 nitrogen and oxygen atoms in total. The van der Waals surface area contributed by atoms with Gasteiger partial charge in [0.1, 0.15) is 11.4 Å². The van der Waals surface area contributed by atoms with E-state index in [2.05, 4.69) is 47.8 Å². The number of methoxy groups -OCH3 is 1. The second-order valence-electron chi connectivity index (χ2n) is 6.37. The van der Waals surface area contributed by atoms with Crippen LogP contribution in [0.25, 0.3) is 0 Å². The molecule has 0 saturated carbocycles. The minimum atomic E-state index is 0.737. The van der Waals surface area contributed by atoms with Crippen LogP contribution in [0, 0.1) is 0 Å². The molecule has 2 fully saturated rings. The number of ether oxygens (including phenoxy) is 1. The Morgan fingerprint density at radius 3 is 1.79 bits per heavy atom. The lowest BCUT2D eigenvalue weighted by Crippen LogP contribution is -2.28. The highest BCUT2D eigenvalue weighted by atomic mass is 16.5. The van der Waals surface area contributed by atoms with Gasteiger partial charge in [0, 0.05) is 60.4 Å². The Bertz CT molecular complexity index is 647. The van der Waals surface area contributed by atoms with E-state index in [1.807, 2.05) is 18.2 Å². The maximum Gasteiger partial charge on any atom is 0.201 e. The minimum Gasteiger partial charge on any atom is -0.494 e. The lowest BCUT2D eigenvalue weighted by molar-refractivity contribution is 0.416. The van der Waals surface area contributed by atoms with Gasteiger partial charge in [-0.2, -0.15) is 0 Å². The molecule has 0 bridgehead atoms. The Balaban J connectivity index is 1.92. The van der Waals surface area contributed by atoms with Crippen LogP contribution < -0.4 is 4.74 Å². The lowest BCUT2D eigenvalue weighted by atomic mass is 10.2. The van der Waals surface area contributed by atoms with E-state index >= 15 is 0 Å². The summed E-state index contributed by atoms with van der Waals surface area (Å²) in [5, 5.41) is 0. The van der Waals surface area contributed by atoms with E-state index in [4.69, 9.17) is 14.7 Å². The molecule has 0 spiro atoms. The fourth-order valence-corrected chi connectivity index (χ4v) is 2.98. The molecule has 0 amide bonds. The maximum absolute atomic E-state index is 5.54. The molecule has 3 rings (SSSR count). The largest absolute Gasteiger partial charge is 0.494 e. The SMILES string of the molecule is COc1cc(N=C2N(C)CCN2C)ccc1N=C1N(C)CCN1C. The van der Waals surface area contributed by atoms with Gasteiger partial charge in [-0.3, -0.25) is 0 Å². The van der Waals surface area contributed by atoms with E-state index in [0.29, 0.717) is 0 Å². The van der Waals surface area contributed by atoms with E-state index in [1.54, 1.807) is 7.11 Å². The van der Waals surface area contributed by atoms with Crippen molar-refractivity contribution < 1.29 is 4.74 Å². The molecular formula is C17H26N6O. The highest BCUT2D eigenvalue weighted by Gasteiger charge is 2.21. The molecule has 24 heavy (non-hydrogen) atoms. The number of likely N-dealkylation sites (N-methyl/N-ethyl adjacent to an activating group) is 4. The summed E-state index contributed by atoms with van der Waals surface area (Å²) in [6.45, 7) is 3.97. The summed E-state index contributed by atoms with van der Waals surface area (Å²) >= 11 is 0. The lowest BCUT2D eigenvalue weighted by Gasteiger charge is -2.17. The molecule has 0 unspecified atom stereocenters. The first-order valence-corrected chi connectivity index (χ1v) is 8.19. The summed E-state index contributed by atoms with van der Waals surface area (Å²) in [7, 11) is 9.91. The molecule has 0 aliphatic carbocycles. The van der Waals surface area contributed by atoms with Crippen LogP contribution >= 0.6 is 0 Å². The monoisotopic (exact) mass is 330 g/mol. The molecule has 0 N–H and O–H groups in total. The number of aliphatic imine (C=N–C) groups is 2. The molecule has 2 aliphatic rings. The summed E-state index contributed by atoms with van der Waals surface area (Å²) in [4.78, 5) is 18.1. The fraction of sp³-hybridized carbons (Fsp3) is 0.529. The van der Waals surface area contributed by atoms with Crippen molar-refractivity contribution in [2.45, 2.75) is 0 Å². The van der Waals surface area contributed by atoms with Gasteiger partial charge in [-0.1, -0.05) is 0 Å². The van der Waals surface area contributed by atoms with Gasteiger partial charge in [0.25, 0.3) is 0 Å². The van der Waals surface area contributed by atoms with Crippen LogP contribution in [0.4, 0.5) is 11.4 Å². The highest BCUT2D eigenvalue weighted by Crippen LogP contribution is 2.33. The van der Waals surface area contributed by atoms with Crippen LogP contribution in [0.3, 0.4) is 0 Å². The van der Waals surface area contributed by atoms with Gasteiger partial charge < -0.3 is 24.3 Å². The molecule has 1 aromatic carbocycles. The molecule has 2 heterocycles. The zero-order valence-corrected chi connectivity index (χ0v) is 15.2. The molecule has 7 heteroatoms. The van der Waals surface area contributed by atoms with Gasteiger partial charge in [-0.05, 0) is 12.1 Å². The third-order valence-electron chi connectivity index (χ3n) is 4.52. The summed E-state index contributed by atoms with van der Waals surface area (Å²) in [5.41, 5.74) is 1.70. The van der Waals surface area contributed by atoms with Crippen molar-refractivity contribution in [1.82, 2.24) is 19.6 Å². The molecular weight excluding hydrogens is 304 g/mol. The Kier molecular flexibility index (Phi) is 4.51. The number of hydrogen-bond donors (Lipinski definition) is 0. The van der Waals surface area contributed by atoms with Crippen molar-refractivity contribution in [3.63, 3.8) is 0 Å². The third-order valence-corrected chi connectivity index (χ3v) is 4.52. The zero-order valence-electron chi connectivity index (χ0n) is 15.2. The van der Waals surface area contributed by atoms with Gasteiger partial charge in [0.05, 0.1) is 12.8 Å². The summed E-state index contributed by atoms with van der Waals surface area (Å²) in [5.74, 6) is 2.68. The van der Waals surface area contributed by atoms with Crippen molar-refractivity contribution in [1.29, 1.82) is 0 Å². The van der Waals surface area contributed by atoms with Crippen molar-refractivity contribution in [3.8, 4) is 5.75 Å². The predicted molar refractivity (Wildman–Crippen MR) is 97.7 cm³/mol. The molecule has 1 aromatic rings. The van der Waals surface area contributed by atoms with Gasteiger partial charge in [-0.15, -0.1) is 0 Å². The molecule has 2 aliphatic heterocycles. The van der Waals surface area contributed by atoms with E-state index in [9.17, 15) is 0 Å². The van der Waals surface area contributed by atoms with Crippen LogP contribution in [0.5, 0.6) is 5.75 Å². The van der Waals surface area contributed by atoms with Crippen LogP contribution in [-0.2, 0) is 0 Å². The van der Waals surface area contributed by atoms with Crippen LogP contribution in [0.15, 0.2) is 28.2 Å². The molecule has 0 aromatic heterocycles. The quantitative estimate of drug-likeness (QED) is 0.839. The predicted octanol–water partition coefficient (Wildman–Crippen LogP) is 1.42. The zero-order chi connectivity index (χ0) is 17.3. The average molecular weight is 330 g/mol. The van der Waals surface area contributed by atoms with Crippen molar-refractivity contribution in [2.75, 3.05) is 61.5 Å². The smallest absolute Gasteiger partial charge is 0.201 e. The number of hydrogen-bond acceptors (Lipinski definition) is 3. The Morgan fingerprint density at radius 1 is 0.792 bits per heavy atom. The number of rotatable bonds is 3. The van der Waals surface area contributed by atoms with Crippen LogP contribution in [0.2, 0.25) is 0 Å². The number of benzene rings is 1. The van der Waals surface area contributed by atoms with Crippen LogP contribution in [0.1, 0.15) is 0 Å². The average Bonchev–Trinajstić information content (AvgIpc) is 3.06. The molecule has 130 valence electrons. The molecule has 0 radical (unpaired) electrons. The summed E-state index contributed by atoms with van der Waals surface area (Å²) < 4.78 is 5.54. The topological polar surface area (TPSA) is 46.9 Å². The van der Waals surface area contributed by atoms with Gasteiger partial charge in [0.15, 0.2) is 0 Å². The molecule has 2 saturated heterocycles. The second-order valence-corrected chi connectivity index (χ2v) is 6.37. The number of guanidine groups is 2. The van der Waals surface area contributed by atoms with E-state index in [1.165, 1.54) is 0 Å². The minimum absolute atomic E-state index is 0.737. The van der Waals surface area contributed by atoms with Crippen LogP contribution in [-0.4, -0.2) is 93.0 Å². The van der Waals surface area contributed by atoms with E-state index in [-0.39, 0.29) is 0 Å². The van der Waals surface area contributed by atoms with Crippen molar-refractivity contribution in [3.05, 3.63) is 18.2 Å². The summed E-state index contributed by atoms with van der Waals surface area (Å²) in [6.07, 6.45) is 0. The van der Waals surface area contributed by atoms with Gasteiger partial charge in [-0.25, -0.2) is 9.98 Å². The second kappa shape index (κ2) is 6.59. The first kappa shape index (κ1) is 16.4. The third kappa shape index (κ3) is 3.11. The normalized spacial score (nSPS) is 17.9. The first-order chi connectivity index (χ1) is 11.5. The maximum atomic E-state index is 5.54. The Hall–Kier alpha value is -2.44. The Morgan fingerprint density at radius 2 is 1.29 bits per heavy atom. The standard InChI is InChI=1S/C17H26N6O/c1-20-8-9-21(2)16(20)18-13-6-7-14(15(12-13)24-5)19-17-22(3)10-11-23(17)4/h6-7,12H,8-11H2,1-5H3. The van der Waals surface area contributed by atoms with Gasteiger partial charge in [0.2, 0.25) is 11.9 Å². The number of nitrogens with zero attached hydrogens (tertiary/aromatic N) is 6. The van der Waals surface area contributed by atoms with E-state index < -0.39 is 0 Å². The van der Waals surface area contributed by atoms with E-state index in [0.717, 1.165) is 55.2 Å². The fourth-order valence-electron chi connectivity index (χ4n) is 2.98. The summed E-state index contributed by atoms with van der Waals surface area (Å²) in [6, 6.07) is 5.91. The van der Waals surface area contributed by atoms with Gasteiger partial charge >= 0.3 is 0 Å². The van der Waals surface area contributed by atoms with Crippen molar-refractivity contribution >= 4 is 23.3 Å².